The molecule has 0 bridgehead atoms. The van der Waals surface area contributed by atoms with E-state index >= 15 is 0 Å². The number of carbonyl (C=O) groups excluding carboxylic acids is 1. The van der Waals surface area contributed by atoms with Gasteiger partial charge in [0, 0.05) is 33.8 Å². The molecule has 1 atom stereocenters. The van der Waals surface area contributed by atoms with Crippen LogP contribution in [0.4, 0.5) is 10.5 Å². The fourth-order valence-electron chi connectivity index (χ4n) is 3.03. The number of phenolic OH excluding ortho intramolecular Hbond substituents is 1. The van der Waals surface area contributed by atoms with Gasteiger partial charge in [-0.3, -0.25) is 5.32 Å². The number of aromatic hydroxyl groups is 1. The monoisotopic (exact) mass is 451 g/mol. The molecule has 7 nitrogen and oxygen atoms in total. The minimum Gasteiger partial charge on any atom is -0.508 e. The summed E-state index contributed by atoms with van der Waals surface area (Å²) in [7, 11) is 0. The number of anilines is 1. The summed E-state index contributed by atoms with van der Waals surface area (Å²) in [5.41, 5.74) is 0.319. The maximum Gasteiger partial charge on any atom is 0.412 e. The average Bonchev–Trinajstić information content (AvgIpc) is 3.09. The molecular formula is C20H22BrNO6. The van der Waals surface area contributed by atoms with E-state index in [-0.39, 0.29) is 19.1 Å². The molecule has 0 unspecified atom stereocenters. The molecular weight excluding hydrogens is 430 g/mol. The Morgan fingerprint density at radius 3 is 2.75 bits per heavy atom. The van der Waals surface area contributed by atoms with Gasteiger partial charge in [-0.15, -0.1) is 0 Å². The van der Waals surface area contributed by atoms with E-state index in [4.69, 9.17) is 14.2 Å². The van der Waals surface area contributed by atoms with Gasteiger partial charge in [-0.05, 0) is 36.8 Å². The van der Waals surface area contributed by atoms with E-state index in [1.165, 1.54) is 6.07 Å². The molecule has 2 aromatic carbocycles. The summed E-state index contributed by atoms with van der Waals surface area (Å²) in [6.45, 7) is 3.79. The largest absolute Gasteiger partial charge is 0.508 e. The second kappa shape index (κ2) is 8.28. The predicted molar refractivity (Wildman–Crippen MR) is 107 cm³/mol. The summed E-state index contributed by atoms with van der Waals surface area (Å²) in [5.74, 6) is 1.16. The van der Waals surface area contributed by atoms with Crippen LogP contribution in [0.5, 0.6) is 17.2 Å². The molecule has 0 spiro atoms. The number of halogens is 1. The van der Waals surface area contributed by atoms with Crippen LogP contribution in [0.25, 0.3) is 0 Å². The highest BCUT2D eigenvalue weighted by Crippen LogP contribution is 2.43. The van der Waals surface area contributed by atoms with Gasteiger partial charge in [-0.1, -0.05) is 29.8 Å². The Kier molecular flexibility index (Phi) is 6.00. The highest BCUT2D eigenvalue weighted by atomic mass is 79.9. The van der Waals surface area contributed by atoms with Crippen molar-refractivity contribution in [2.24, 2.45) is 5.41 Å². The van der Waals surface area contributed by atoms with Crippen LogP contribution in [0, 0.1) is 5.41 Å². The van der Waals surface area contributed by atoms with Crippen LogP contribution < -0.4 is 14.8 Å². The lowest BCUT2D eigenvalue weighted by atomic mass is 9.79. The number of hydrogen-bond donors (Lipinski definition) is 3. The van der Waals surface area contributed by atoms with Crippen molar-refractivity contribution < 1.29 is 29.2 Å². The van der Waals surface area contributed by atoms with E-state index in [2.05, 4.69) is 21.2 Å². The fraction of sp³-hybridized carbons (Fsp3) is 0.350. The molecule has 3 rings (SSSR count). The Labute approximate surface area is 171 Å². The zero-order valence-corrected chi connectivity index (χ0v) is 17.2. The lowest BCUT2D eigenvalue weighted by Gasteiger charge is -2.34. The summed E-state index contributed by atoms with van der Waals surface area (Å²) in [5, 5.41) is 22.4. The van der Waals surface area contributed by atoms with E-state index in [0.717, 1.165) is 4.47 Å². The van der Waals surface area contributed by atoms with Gasteiger partial charge in [-0.25, -0.2) is 4.79 Å². The molecule has 1 amide bonds. The molecule has 2 aromatic rings. The summed E-state index contributed by atoms with van der Waals surface area (Å²) < 4.78 is 17.0. The van der Waals surface area contributed by atoms with Crippen LogP contribution >= 0.6 is 15.9 Å². The molecule has 1 aliphatic heterocycles. The Hall–Kier alpha value is -2.45. The highest BCUT2D eigenvalue weighted by molar-refractivity contribution is 9.10. The van der Waals surface area contributed by atoms with E-state index in [9.17, 15) is 15.0 Å². The zero-order valence-electron chi connectivity index (χ0n) is 15.6. The number of carbonyl (C=O) groups is 1. The number of benzene rings is 2. The van der Waals surface area contributed by atoms with Gasteiger partial charge in [0.25, 0.3) is 0 Å². The minimum atomic E-state index is -0.786. The summed E-state index contributed by atoms with van der Waals surface area (Å²) in [4.78, 5) is 12.6. The summed E-state index contributed by atoms with van der Waals surface area (Å²) in [6, 6.07) is 9.95. The first kappa shape index (κ1) is 20.3. The van der Waals surface area contributed by atoms with Crippen LogP contribution in [0.15, 0.2) is 40.9 Å². The van der Waals surface area contributed by atoms with Gasteiger partial charge in [0.05, 0.1) is 0 Å². The van der Waals surface area contributed by atoms with Crippen molar-refractivity contribution in [1.82, 2.24) is 0 Å². The zero-order chi connectivity index (χ0) is 20.3. The molecule has 150 valence electrons. The molecule has 3 N–H and O–H groups in total. The first-order valence-corrected chi connectivity index (χ1v) is 9.56. The number of fused-ring (bicyclic) bond motifs is 1. The van der Waals surface area contributed by atoms with Crippen molar-refractivity contribution in [1.29, 1.82) is 0 Å². The van der Waals surface area contributed by atoms with E-state index in [0.29, 0.717) is 29.2 Å². The van der Waals surface area contributed by atoms with Crippen molar-refractivity contribution in [3.05, 3.63) is 46.4 Å². The van der Waals surface area contributed by atoms with Crippen LogP contribution in [0.1, 0.15) is 31.9 Å². The molecule has 0 aliphatic carbocycles. The topological polar surface area (TPSA) is 97.3 Å². The second-order valence-corrected chi connectivity index (χ2v) is 8.06. The molecule has 0 saturated heterocycles. The second-order valence-electron chi connectivity index (χ2n) is 7.14. The number of aliphatic hydroxyl groups is 1. The Bertz CT molecular complexity index is 870. The lowest BCUT2D eigenvalue weighted by molar-refractivity contribution is 0.0138. The average molecular weight is 452 g/mol. The molecule has 0 saturated carbocycles. The number of phenols is 1. The van der Waals surface area contributed by atoms with Gasteiger partial charge in [-0.2, -0.15) is 0 Å². The summed E-state index contributed by atoms with van der Waals surface area (Å²) in [6.07, 6.45) is -1.10. The third-order valence-corrected chi connectivity index (χ3v) is 5.08. The van der Waals surface area contributed by atoms with Crippen molar-refractivity contribution in [3.63, 3.8) is 0 Å². The van der Waals surface area contributed by atoms with Crippen molar-refractivity contribution in [2.75, 3.05) is 18.7 Å². The van der Waals surface area contributed by atoms with Gasteiger partial charge in [0.2, 0.25) is 6.79 Å². The number of rotatable bonds is 6. The van der Waals surface area contributed by atoms with Crippen molar-refractivity contribution >= 4 is 27.7 Å². The predicted octanol–water partition coefficient (Wildman–Crippen LogP) is 4.58. The minimum absolute atomic E-state index is 0.00935. The van der Waals surface area contributed by atoms with Crippen molar-refractivity contribution in [2.45, 2.75) is 26.4 Å². The SMILES string of the molecule is CC(C)(CCO)[C@H](OC(=O)Nc1ccc2c(c1)OCO2)c1cc(Br)ccc1O. The summed E-state index contributed by atoms with van der Waals surface area (Å²) >= 11 is 3.38. The van der Waals surface area contributed by atoms with Gasteiger partial charge in [0.15, 0.2) is 11.5 Å². The van der Waals surface area contributed by atoms with Gasteiger partial charge >= 0.3 is 6.09 Å². The molecule has 0 aromatic heterocycles. The van der Waals surface area contributed by atoms with E-state index in [1.54, 1.807) is 30.3 Å². The van der Waals surface area contributed by atoms with Crippen LogP contribution in [-0.4, -0.2) is 29.7 Å². The number of hydrogen-bond acceptors (Lipinski definition) is 6. The van der Waals surface area contributed by atoms with Crippen molar-refractivity contribution in [3.8, 4) is 17.2 Å². The normalized spacial score (nSPS) is 13.9. The lowest BCUT2D eigenvalue weighted by Crippen LogP contribution is -2.30. The van der Waals surface area contributed by atoms with Gasteiger partial charge < -0.3 is 24.4 Å². The molecule has 1 aliphatic rings. The van der Waals surface area contributed by atoms with E-state index < -0.39 is 17.6 Å². The number of amides is 1. The molecule has 0 fully saturated rings. The van der Waals surface area contributed by atoms with Gasteiger partial charge in [0.1, 0.15) is 11.9 Å². The standard InChI is InChI=1S/C20H22BrNO6/c1-20(2,7-8-23)18(14-9-12(21)3-5-15(14)24)28-19(25)22-13-4-6-16-17(10-13)27-11-26-16/h3-6,9-10,18,23-24H,7-8,11H2,1-2H3,(H,22,25)/t18-/m1/s1. The molecule has 0 radical (unpaired) electrons. The fourth-order valence-corrected chi connectivity index (χ4v) is 3.41. The Balaban J connectivity index is 1.82. The van der Waals surface area contributed by atoms with E-state index in [1.807, 2.05) is 13.8 Å². The molecule has 8 heteroatoms. The number of aliphatic hydroxyl groups excluding tert-OH is 1. The maximum absolute atomic E-state index is 12.6. The third kappa shape index (κ3) is 4.51. The quantitative estimate of drug-likeness (QED) is 0.594. The Morgan fingerprint density at radius 1 is 1.25 bits per heavy atom. The van der Waals surface area contributed by atoms with Crippen LogP contribution in [-0.2, 0) is 4.74 Å². The molecule has 28 heavy (non-hydrogen) atoms. The number of nitrogens with one attached hydrogen (secondary N) is 1. The van der Waals surface area contributed by atoms with Crippen LogP contribution in [0.2, 0.25) is 0 Å². The first-order valence-electron chi connectivity index (χ1n) is 8.77. The smallest absolute Gasteiger partial charge is 0.412 e. The highest BCUT2D eigenvalue weighted by Gasteiger charge is 2.36. The Morgan fingerprint density at radius 2 is 2.00 bits per heavy atom. The first-order chi connectivity index (χ1) is 13.3. The van der Waals surface area contributed by atoms with Crippen LogP contribution in [0.3, 0.4) is 0 Å². The maximum atomic E-state index is 12.6. The number of ether oxygens (including phenoxy) is 3. The third-order valence-electron chi connectivity index (χ3n) is 4.58. The molecule has 1 heterocycles.